The van der Waals surface area contributed by atoms with E-state index in [2.05, 4.69) is 21.9 Å². The van der Waals surface area contributed by atoms with Crippen LogP contribution in [0, 0.1) is 0 Å². The molecule has 1 aliphatic rings. The average molecular weight is 220 g/mol. The van der Waals surface area contributed by atoms with Crippen LogP contribution in [0.1, 0.15) is 43.2 Å². The summed E-state index contributed by atoms with van der Waals surface area (Å²) < 4.78 is 0. The third-order valence-corrected chi connectivity index (χ3v) is 3.15. The summed E-state index contributed by atoms with van der Waals surface area (Å²) in [6.07, 6.45) is 4.30. The van der Waals surface area contributed by atoms with Gasteiger partial charge in [-0.2, -0.15) is 0 Å². The van der Waals surface area contributed by atoms with E-state index in [9.17, 15) is 0 Å². The van der Waals surface area contributed by atoms with E-state index < -0.39 is 0 Å². The fraction of sp³-hybridized carbons (Fsp3) is 0.667. The fourth-order valence-electron chi connectivity index (χ4n) is 2.24. The summed E-state index contributed by atoms with van der Waals surface area (Å²) in [7, 11) is 2.17. The third kappa shape index (κ3) is 2.57. The second kappa shape index (κ2) is 4.89. The maximum Gasteiger partial charge on any atom is 0.144 e. The minimum atomic E-state index is -0.0822. The maximum absolute atomic E-state index is 5.80. The number of hydrogen-bond acceptors (Lipinski definition) is 4. The van der Waals surface area contributed by atoms with Gasteiger partial charge in [0.1, 0.15) is 5.82 Å². The molecule has 4 heteroatoms. The lowest BCUT2D eigenvalue weighted by Gasteiger charge is -2.29. The van der Waals surface area contributed by atoms with Crippen molar-refractivity contribution in [3.63, 3.8) is 0 Å². The predicted octanol–water partition coefficient (Wildman–Crippen LogP) is 1.31. The molecule has 2 heterocycles. The van der Waals surface area contributed by atoms with Gasteiger partial charge in [-0.05, 0) is 39.4 Å². The highest BCUT2D eigenvalue weighted by molar-refractivity contribution is 5.11. The summed E-state index contributed by atoms with van der Waals surface area (Å²) in [4.78, 5) is 11.1. The van der Waals surface area contributed by atoms with Crippen LogP contribution in [0.5, 0.6) is 0 Å². The molecule has 0 spiro atoms. The van der Waals surface area contributed by atoms with Gasteiger partial charge < -0.3 is 10.6 Å². The number of nitrogens with zero attached hydrogens (tertiary/aromatic N) is 3. The first kappa shape index (κ1) is 11.5. The Labute approximate surface area is 96.9 Å². The number of nitrogens with two attached hydrogens (primary N) is 1. The average Bonchev–Trinajstić information content (AvgIpc) is 2.29. The van der Waals surface area contributed by atoms with Crippen molar-refractivity contribution < 1.29 is 0 Å². The highest BCUT2D eigenvalue weighted by Gasteiger charge is 2.20. The number of likely N-dealkylation sites (tertiary alicyclic amines) is 1. The van der Waals surface area contributed by atoms with E-state index in [1.165, 1.54) is 19.4 Å². The molecule has 2 atom stereocenters. The van der Waals surface area contributed by atoms with Gasteiger partial charge in [-0.3, -0.25) is 0 Å². The topological polar surface area (TPSA) is 55.0 Å². The molecule has 1 aliphatic heterocycles. The summed E-state index contributed by atoms with van der Waals surface area (Å²) in [6.45, 7) is 4.21. The number of hydrogen-bond donors (Lipinski definition) is 1. The van der Waals surface area contributed by atoms with Gasteiger partial charge in [-0.15, -0.1) is 0 Å². The molecule has 0 aromatic carbocycles. The lowest BCUT2D eigenvalue weighted by molar-refractivity contribution is 0.248. The van der Waals surface area contributed by atoms with Crippen LogP contribution in [0.25, 0.3) is 0 Å². The van der Waals surface area contributed by atoms with Crippen molar-refractivity contribution in [3.8, 4) is 0 Å². The smallest absolute Gasteiger partial charge is 0.144 e. The first-order valence-electron chi connectivity index (χ1n) is 5.94. The Morgan fingerprint density at radius 3 is 3.06 bits per heavy atom. The normalized spacial score (nSPS) is 24.3. The zero-order chi connectivity index (χ0) is 11.5. The van der Waals surface area contributed by atoms with Crippen molar-refractivity contribution in [3.05, 3.63) is 23.8 Å². The number of piperidine rings is 1. The Morgan fingerprint density at radius 2 is 2.38 bits per heavy atom. The molecule has 0 aliphatic carbocycles. The van der Waals surface area contributed by atoms with E-state index in [-0.39, 0.29) is 6.04 Å². The van der Waals surface area contributed by atoms with E-state index in [1.807, 2.05) is 19.2 Å². The Bertz CT molecular complexity index is 351. The van der Waals surface area contributed by atoms with Crippen molar-refractivity contribution in [2.45, 2.75) is 31.7 Å². The highest BCUT2D eigenvalue weighted by Crippen LogP contribution is 2.24. The lowest BCUT2D eigenvalue weighted by atomic mass is 9.95. The van der Waals surface area contributed by atoms with Crippen molar-refractivity contribution in [2.75, 3.05) is 20.1 Å². The molecule has 0 saturated carbocycles. The number of likely N-dealkylation sites (N-methyl/N-ethyl adjacent to an activating group) is 1. The molecule has 0 radical (unpaired) electrons. The van der Waals surface area contributed by atoms with E-state index in [1.54, 1.807) is 0 Å². The molecular weight excluding hydrogens is 200 g/mol. The third-order valence-electron chi connectivity index (χ3n) is 3.15. The minimum Gasteiger partial charge on any atom is -0.322 e. The van der Waals surface area contributed by atoms with Crippen molar-refractivity contribution in [2.24, 2.45) is 5.73 Å². The summed E-state index contributed by atoms with van der Waals surface area (Å²) in [5, 5.41) is 0. The largest absolute Gasteiger partial charge is 0.322 e. The van der Waals surface area contributed by atoms with E-state index in [0.29, 0.717) is 5.92 Å². The van der Waals surface area contributed by atoms with Gasteiger partial charge in [-0.1, -0.05) is 0 Å². The molecule has 0 bridgehead atoms. The monoisotopic (exact) mass is 220 g/mol. The number of aromatic nitrogens is 2. The molecule has 0 amide bonds. The molecule has 1 saturated heterocycles. The molecular formula is C12H20N4. The molecule has 4 nitrogen and oxygen atoms in total. The quantitative estimate of drug-likeness (QED) is 0.816. The minimum absolute atomic E-state index is 0.0822. The highest BCUT2D eigenvalue weighted by atomic mass is 15.1. The predicted molar refractivity (Wildman–Crippen MR) is 64.1 cm³/mol. The van der Waals surface area contributed by atoms with Gasteiger partial charge >= 0.3 is 0 Å². The van der Waals surface area contributed by atoms with Crippen LogP contribution in [0.4, 0.5) is 0 Å². The SMILES string of the molecule is CC(N)c1nccc(C2CCCN(C)C2)n1. The van der Waals surface area contributed by atoms with Crippen LogP contribution in [0.15, 0.2) is 12.3 Å². The van der Waals surface area contributed by atoms with E-state index in [0.717, 1.165) is 18.1 Å². The molecule has 2 rings (SSSR count). The van der Waals surface area contributed by atoms with Gasteiger partial charge in [0.15, 0.2) is 0 Å². The molecule has 1 fully saturated rings. The molecule has 2 N–H and O–H groups in total. The van der Waals surface area contributed by atoms with Crippen LogP contribution in [-0.4, -0.2) is 35.0 Å². The van der Waals surface area contributed by atoms with Crippen molar-refractivity contribution in [1.29, 1.82) is 0 Å². The zero-order valence-electron chi connectivity index (χ0n) is 10.1. The molecule has 88 valence electrons. The Kier molecular flexibility index (Phi) is 3.51. The van der Waals surface area contributed by atoms with Crippen LogP contribution in [-0.2, 0) is 0 Å². The van der Waals surface area contributed by atoms with Gasteiger partial charge in [0.05, 0.1) is 6.04 Å². The number of rotatable bonds is 2. The second-order valence-electron chi connectivity index (χ2n) is 4.73. The van der Waals surface area contributed by atoms with Crippen LogP contribution >= 0.6 is 0 Å². The maximum atomic E-state index is 5.80. The van der Waals surface area contributed by atoms with Crippen molar-refractivity contribution >= 4 is 0 Å². The second-order valence-corrected chi connectivity index (χ2v) is 4.73. The Morgan fingerprint density at radius 1 is 1.56 bits per heavy atom. The summed E-state index contributed by atoms with van der Waals surface area (Å²) in [5.41, 5.74) is 6.95. The van der Waals surface area contributed by atoms with Crippen LogP contribution in [0.3, 0.4) is 0 Å². The van der Waals surface area contributed by atoms with Gasteiger partial charge in [0.2, 0.25) is 0 Å². The van der Waals surface area contributed by atoms with Crippen LogP contribution < -0.4 is 5.73 Å². The molecule has 2 unspecified atom stereocenters. The standard InChI is InChI=1S/C12H20N4/c1-9(13)12-14-6-5-11(15-12)10-4-3-7-16(2)8-10/h5-6,9-10H,3-4,7-8,13H2,1-2H3. The van der Waals surface area contributed by atoms with Gasteiger partial charge in [-0.25, -0.2) is 9.97 Å². The lowest BCUT2D eigenvalue weighted by Crippen LogP contribution is -2.31. The van der Waals surface area contributed by atoms with Gasteiger partial charge in [0.25, 0.3) is 0 Å². The first-order valence-corrected chi connectivity index (χ1v) is 5.94. The Hall–Kier alpha value is -1.00. The molecule has 1 aromatic heterocycles. The van der Waals surface area contributed by atoms with Crippen LogP contribution in [0.2, 0.25) is 0 Å². The summed E-state index contributed by atoms with van der Waals surface area (Å²) in [6, 6.07) is 1.94. The summed E-state index contributed by atoms with van der Waals surface area (Å²) >= 11 is 0. The summed E-state index contributed by atoms with van der Waals surface area (Å²) in [5.74, 6) is 1.30. The van der Waals surface area contributed by atoms with Gasteiger partial charge in [0, 0.05) is 24.4 Å². The van der Waals surface area contributed by atoms with Crippen molar-refractivity contribution in [1.82, 2.24) is 14.9 Å². The van der Waals surface area contributed by atoms with E-state index in [4.69, 9.17) is 5.73 Å². The Balaban J connectivity index is 2.16. The zero-order valence-corrected chi connectivity index (χ0v) is 10.1. The fourth-order valence-corrected chi connectivity index (χ4v) is 2.24. The first-order chi connectivity index (χ1) is 7.66. The molecule has 1 aromatic rings. The van der Waals surface area contributed by atoms with E-state index >= 15 is 0 Å². The molecule has 16 heavy (non-hydrogen) atoms.